The van der Waals surface area contributed by atoms with Crippen LogP contribution < -0.4 is 14.2 Å². The lowest BCUT2D eigenvalue weighted by atomic mass is 10.1. The number of methoxy groups -OCH3 is 1. The number of carbonyl (C=O) groups excluding carboxylic acids is 2. The van der Waals surface area contributed by atoms with Crippen molar-refractivity contribution in [1.29, 1.82) is 0 Å². The predicted molar refractivity (Wildman–Crippen MR) is 132 cm³/mol. The van der Waals surface area contributed by atoms with Gasteiger partial charge in [-0.25, -0.2) is 4.79 Å². The Labute approximate surface area is 203 Å². The molecule has 7 heteroatoms. The van der Waals surface area contributed by atoms with Gasteiger partial charge in [-0.1, -0.05) is 37.6 Å². The van der Waals surface area contributed by atoms with Crippen LogP contribution in [0.5, 0.6) is 17.2 Å². The van der Waals surface area contributed by atoms with E-state index in [4.69, 9.17) is 18.9 Å². The van der Waals surface area contributed by atoms with Crippen molar-refractivity contribution in [3.05, 3.63) is 95.2 Å². The Balaban J connectivity index is 1.45. The Kier molecular flexibility index (Phi) is 7.57. The number of hydrogen-bond donors (Lipinski definition) is 0. The van der Waals surface area contributed by atoms with Gasteiger partial charge in [-0.2, -0.15) is 4.99 Å². The van der Waals surface area contributed by atoms with E-state index in [-0.39, 0.29) is 17.4 Å². The minimum atomic E-state index is -0.496. The molecular weight excluding hydrogens is 446 g/mol. The molecule has 1 aliphatic rings. The maximum Gasteiger partial charge on any atom is 0.343 e. The number of aliphatic imine (C=N–C) groups is 1. The first-order valence-electron chi connectivity index (χ1n) is 11.3. The highest BCUT2D eigenvalue weighted by atomic mass is 16.6. The van der Waals surface area contributed by atoms with E-state index < -0.39 is 11.9 Å². The zero-order chi connectivity index (χ0) is 24.6. The van der Waals surface area contributed by atoms with Crippen molar-refractivity contribution < 1.29 is 28.5 Å². The number of nitrogens with zero attached hydrogens (tertiary/aromatic N) is 1. The van der Waals surface area contributed by atoms with Crippen LogP contribution in [0.3, 0.4) is 0 Å². The number of ether oxygens (including phenoxy) is 4. The van der Waals surface area contributed by atoms with Crippen LogP contribution >= 0.6 is 0 Å². The maximum atomic E-state index is 12.4. The van der Waals surface area contributed by atoms with Crippen LogP contribution in [0.25, 0.3) is 6.08 Å². The van der Waals surface area contributed by atoms with Gasteiger partial charge in [0.05, 0.1) is 19.3 Å². The average Bonchev–Trinajstić information content (AvgIpc) is 3.25. The summed E-state index contributed by atoms with van der Waals surface area (Å²) in [7, 11) is 1.47. The molecule has 0 saturated heterocycles. The molecule has 0 saturated carbocycles. The van der Waals surface area contributed by atoms with Gasteiger partial charge in [-0.05, 0) is 66.6 Å². The number of rotatable bonds is 9. The van der Waals surface area contributed by atoms with Gasteiger partial charge in [0.15, 0.2) is 17.3 Å². The molecule has 0 atom stereocenters. The van der Waals surface area contributed by atoms with Gasteiger partial charge in [0.2, 0.25) is 5.90 Å². The molecule has 4 rings (SSSR count). The molecule has 0 aliphatic carbocycles. The van der Waals surface area contributed by atoms with Crippen molar-refractivity contribution in [2.24, 2.45) is 4.99 Å². The van der Waals surface area contributed by atoms with Crippen molar-refractivity contribution >= 4 is 23.9 Å². The standard InChI is InChI=1S/C28H25NO6/c1-3-4-16-33-22-13-11-20(12-14-22)27-29-26(30)25(34-27)18-19-10-15-23(24(17-19)32-2)35-28(31)21-8-6-5-7-9-21/h5-15,17-18H,3-4,16H2,1-2H3/b25-18+. The smallest absolute Gasteiger partial charge is 0.343 e. The molecule has 0 unspecified atom stereocenters. The summed E-state index contributed by atoms with van der Waals surface area (Å²) in [6, 6.07) is 20.9. The van der Waals surface area contributed by atoms with E-state index in [2.05, 4.69) is 11.9 Å². The highest BCUT2D eigenvalue weighted by Crippen LogP contribution is 2.30. The monoisotopic (exact) mass is 471 g/mol. The minimum absolute atomic E-state index is 0.0827. The molecule has 0 aromatic heterocycles. The van der Waals surface area contributed by atoms with E-state index in [1.54, 1.807) is 60.7 Å². The number of benzene rings is 3. The second-order valence-corrected chi connectivity index (χ2v) is 7.72. The topological polar surface area (TPSA) is 83.4 Å². The number of hydrogen-bond acceptors (Lipinski definition) is 6. The van der Waals surface area contributed by atoms with Gasteiger partial charge in [0.1, 0.15) is 5.75 Å². The highest BCUT2D eigenvalue weighted by Gasteiger charge is 2.24. The van der Waals surface area contributed by atoms with Crippen LogP contribution in [0.2, 0.25) is 0 Å². The lowest BCUT2D eigenvalue weighted by molar-refractivity contribution is -0.115. The summed E-state index contributed by atoms with van der Waals surface area (Å²) in [5.41, 5.74) is 1.72. The largest absolute Gasteiger partial charge is 0.494 e. The summed E-state index contributed by atoms with van der Waals surface area (Å²) in [5, 5.41) is 0. The zero-order valence-corrected chi connectivity index (χ0v) is 19.5. The number of unbranched alkanes of at least 4 members (excludes halogenated alkanes) is 1. The van der Waals surface area contributed by atoms with E-state index in [1.807, 2.05) is 18.2 Å². The van der Waals surface area contributed by atoms with Gasteiger partial charge < -0.3 is 18.9 Å². The van der Waals surface area contributed by atoms with Gasteiger partial charge in [0.25, 0.3) is 0 Å². The summed E-state index contributed by atoms with van der Waals surface area (Å²) in [6.45, 7) is 2.77. The molecule has 0 bridgehead atoms. The number of amides is 1. The van der Waals surface area contributed by atoms with Gasteiger partial charge in [-0.15, -0.1) is 0 Å². The molecule has 0 fully saturated rings. The first-order valence-corrected chi connectivity index (χ1v) is 11.3. The van der Waals surface area contributed by atoms with Gasteiger partial charge >= 0.3 is 11.9 Å². The fourth-order valence-electron chi connectivity index (χ4n) is 3.30. The molecule has 0 radical (unpaired) electrons. The third-order valence-electron chi connectivity index (χ3n) is 5.19. The number of esters is 1. The van der Waals surface area contributed by atoms with Crippen molar-refractivity contribution in [2.75, 3.05) is 13.7 Å². The fourth-order valence-corrected chi connectivity index (χ4v) is 3.30. The van der Waals surface area contributed by atoms with Crippen LogP contribution in [-0.4, -0.2) is 31.5 Å². The van der Waals surface area contributed by atoms with E-state index in [1.165, 1.54) is 7.11 Å². The third kappa shape index (κ3) is 5.95. The first-order chi connectivity index (χ1) is 17.1. The molecule has 0 spiro atoms. The molecule has 178 valence electrons. The Morgan fingerprint density at radius 2 is 1.77 bits per heavy atom. The van der Waals surface area contributed by atoms with Crippen LogP contribution in [0.15, 0.2) is 83.5 Å². The summed E-state index contributed by atoms with van der Waals surface area (Å²) in [6.07, 6.45) is 3.61. The van der Waals surface area contributed by atoms with Crippen molar-refractivity contribution in [1.82, 2.24) is 0 Å². The van der Waals surface area contributed by atoms with Crippen LogP contribution in [0, 0.1) is 0 Å². The molecule has 1 amide bonds. The molecule has 1 heterocycles. The van der Waals surface area contributed by atoms with Crippen molar-refractivity contribution in [3.63, 3.8) is 0 Å². The van der Waals surface area contributed by atoms with Gasteiger partial charge in [-0.3, -0.25) is 4.79 Å². The molecule has 1 aliphatic heterocycles. The summed E-state index contributed by atoms with van der Waals surface area (Å²) in [5.74, 6) is 0.685. The highest BCUT2D eigenvalue weighted by molar-refractivity contribution is 6.14. The summed E-state index contributed by atoms with van der Waals surface area (Å²) >= 11 is 0. The molecule has 3 aromatic rings. The normalized spacial score (nSPS) is 13.8. The molecule has 7 nitrogen and oxygen atoms in total. The predicted octanol–water partition coefficient (Wildman–Crippen LogP) is 5.44. The fraction of sp³-hybridized carbons (Fsp3) is 0.179. The second kappa shape index (κ2) is 11.2. The average molecular weight is 472 g/mol. The molecule has 3 aromatic carbocycles. The SMILES string of the molecule is CCCCOc1ccc(C2=NC(=O)/C(=C\c3ccc(OC(=O)c4ccccc4)c(OC)c3)O2)cc1. The molecule has 0 N–H and O–H groups in total. The Hall–Kier alpha value is -4.39. The summed E-state index contributed by atoms with van der Waals surface area (Å²) < 4.78 is 22.2. The van der Waals surface area contributed by atoms with Crippen molar-refractivity contribution in [3.8, 4) is 17.2 Å². The Morgan fingerprint density at radius 3 is 2.49 bits per heavy atom. The van der Waals surface area contributed by atoms with Gasteiger partial charge in [0, 0.05) is 5.56 Å². The number of carbonyl (C=O) groups is 2. The lowest BCUT2D eigenvalue weighted by Crippen LogP contribution is -2.09. The molecule has 35 heavy (non-hydrogen) atoms. The van der Waals surface area contributed by atoms with E-state index in [0.717, 1.165) is 18.6 Å². The third-order valence-corrected chi connectivity index (χ3v) is 5.19. The quantitative estimate of drug-likeness (QED) is 0.179. The van der Waals surface area contributed by atoms with Crippen LogP contribution in [-0.2, 0) is 9.53 Å². The van der Waals surface area contributed by atoms with Crippen LogP contribution in [0.1, 0.15) is 41.3 Å². The lowest BCUT2D eigenvalue weighted by Gasteiger charge is -2.10. The van der Waals surface area contributed by atoms with Crippen molar-refractivity contribution in [2.45, 2.75) is 19.8 Å². The Morgan fingerprint density at radius 1 is 1.00 bits per heavy atom. The summed E-state index contributed by atoms with van der Waals surface area (Å²) in [4.78, 5) is 28.8. The Bertz CT molecular complexity index is 1260. The molecular formula is C28H25NO6. The van der Waals surface area contributed by atoms with Crippen LogP contribution in [0.4, 0.5) is 0 Å². The first kappa shape index (κ1) is 23.8. The van der Waals surface area contributed by atoms with E-state index >= 15 is 0 Å². The zero-order valence-electron chi connectivity index (χ0n) is 19.5. The minimum Gasteiger partial charge on any atom is -0.494 e. The van der Waals surface area contributed by atoms with E-state index in [0.29, 0.717) is 29.0 Å². The maximum absolute atomic E-state index is 12.4. The van der Waals surface area contributed by atoms with E-state index in [9.17, 15) is 9.59 Å². The second-order valence-electron chi connectivity index (χ2n) is 7.72.